The summed E-state index contributed by atoms with van der Waals surface area (Å²) in [5.41, 5.74) is 0.907. The van der Waals surface area contributed by atoms with E-state index in [1.165, 1.54) is 30.5 Å². The Morgan fingerprint density at radius 1 is 1.25 bits per heavy atom. The molecule has 0 radical (unpaired) electrons. The van der Waals surface area contributed by atoms with Crippen molar-refractivity contribution in [3.8, 4) is 0 Å². The van der Waals surface area contributed by atoms with Crippen LogP contribution in [0.15, 0.2) is 52.0 Å². The van der Waals surface area contributed by atoms with Crippen LogP contribution in [0.5, 0.6) is 0 Å². The second kappa shape index (κ2) is 5.48. The van der Waals surface area contributed by atoms with Gasteiger partial charge in [-0.15, -0.1) is 0 Å². The molecule has 0 spiro atoms. The second-order valence-corrected chi connectivity index (χ2v) is 5.93. The van der Waals surface area contributed by atoms with E-state index >= 15 is 0 Å². The van der Waals surface area contributed by atoms with Crippen LogP contribution in [0.2, 0.25) is 0 Å². The van der Waals surface area contributed by atoms with E-state index in [1.54, 1.807) is 12.1 Å². The average molecular weight is 295 g/mol. The van der Waals surface area contributed by atoms with Crippen LogP contribution in [0.1, 0.15) is 17.4 Å². The Morgan fingerprint density at radius 3 is 2.40 bits per heavy atom. The zero-order chi connectivity index (χ0) is 14.8. The highest BCUT2D eigenvalue weighted by molar-refractivity contribution is 7.89. The van der Waals surface area contributed by atoms with Gasteiger partial charge in [-0.1, -0.05) is 17.7 Å². The molecule has 2 rings (SSSR count). The van der Waals surface area contributed by atoms with Crippen LogP contribution in [0.4, 0.5) is 0 Å². The quantitative estimate of drug-likeness (QED) is 0.875. The maximum Gasteiger partial charge on any atom is 0.329 e. The van der Waals surface area contributed by atoms with E-state index in [0.29, 0.717) is 0 Å². The third-order valence-electron chi connectivity index (χ3n) is 2.68. The standard InChI is InChI=1S/C13H13NO5S/c1-9-4-6-10(7-5-9)20(17,18)14-12(13(15)16)11-3-2-8-19-11/h2-8,12,14H,1H3,(H,15,16)/t12-/m0/s1. The van der Waals surface area contributed by atoms with Crippen molar-refractivity contribution in [1.82, 2.24) is 4.72 Å². The van der Waals surface area contributed by atoms with Crippen molar-refractivity contribution in [3.05, 3.63) is 54.0 Å². The molecule has 20 heavy (non-hydrogen) atoms. The van der Waals surface area contributed by atoms with Crippen molar-refractivity contribution < 1.29 is 22.7 Å². The minimum absolute atomic E-state index is 0.000839. The van der Waals surface area contributed by atoms with Crippen molar-refractivity contribution in [2.75, 3.05) is 0 Å². The van der Waals surface area contributed by atoms with Gasteiger partial charge in [0.05, 0.1) is 11.2 Å². The predicted octanol–water partition coefficient (Wildman–Crippen LogP) is 1.69. The zero-order valence-electron chi connectivity index (χ0n) is 10.6. The molecule has 2 N–H and O–H groups in total. The minimum atomic E-state index is -3.94. The number of hydrogen-bond acceptors (Lipinski definition) is 4. The summed E-state index contributed by atoms with van der Waals surface area (Å²) in [5.74, 6) is -1.32. The van der Waals surface area contributed by atoms with Gasteiger partial charge in [-0.3, -0.25) is 0 Å². The maximum atomic E-state index is 12.1. The Labute approximate surface area is 116 Å². The third kappa shape index (κ3) is 3.06. The van der Waals surface area contributed by atoms with Gasteiger partial charge in [0.1, 0.15) is 5.76 Å². The first-order valence-electron chi connectivity index (χ1n) is 5.75. The fraction of sp³-hybridized carbons (Fsp3) is 0.154. The van der Waals surface area contributed by atoms with Crippen molar-refractivity contribution >= 4 is 16.0 Å². The van der Waals surface area contributed by atoms with Gasteiger partial charge in [0.15, 0.2) is 6.04 Å². The smallest absolute Gasteiger partial charge is 0.329 e. The van der Waals surface area contributed by atoms with Crippen molar-refractivity contribution in [1.29, 1.82) is 0 Å². The molecule has 0 unspecified atom stereocenters. The molecule has 0 amide bonds. The van der Waals surface area contributed by atoms with Crippen LogP contribution in [0.3, 0.4) is 0 Å². The molecule has 0 bridgehead atoms. The molecule has 0 saturated heterocycles. The molecule has 0 aliphatic rings. The molecule has 0 fully saturated rings. The van der Waals surface area contributed by atoms with Gasteiger partial charge in [0.25, 0.3) is 0 Å². The molecule has 0 aliphatic carbocycles. The first kappa shape index (κ1) is 14.3. The zero-order valence-corrected chi connectivity index (χ0v) is 11.4. The summed E-state index contributed by atoms with van der Waals surface area (Å²) in [5, 5.41) is 9.11. The molecule has 1 heterocycles. The lowest BCUT2D eigenvalue weighted by molar-refractivity contribution is -0.139. The lowest BCUT2D eigenvalue weighted by Crippen LogP contribution is -2.33. The topological polar surface area (TPSA) is 96.6 Å². The van der Waals surface area contributed by atoms with Gasteiger partial charge in [0, 0.05) is 0 Å². The summed E-state index contributed by atoms with van der Waals surface area (Å²) in [6, 6.07) is 7.53. The molecule has 1 aromatic carbocycles. The van der Waals surface area contributed by atoms with Crippen LogP contribution in [-0.2, 0) is 14.8 Å². The highest BCUT2D eigenvalue weighted by Crippen LogP contribution is 2.18. The number of sulfonamides is 1. The molecule has 7 heteroatoms. The molecule has 1 atom stereocenters. The number of aryl methyl sites for hydroxylation is 1. The summed E-state index contributed by atoms with van der Waals surface area (Å²) >= 11 is 0. The van der Waals surface area contributed by atoms with Crippen LogP contribution < -0.4 is 4.72 Å². The SMILES string of the molecule is Cc1ccc(S(=O)(=O)N[C@H](C(=O)O)c2ccco2)cc1. The number of benzene rings is 1. The molecule has 1 aromatic heterocycles. The Morgan fingerprint density at radius 2 is 1.90 bits per heavy atom. The first-order chi connectivity index (χ1) is 9.40. The summed E-state index contributed by atoms with van der Waals surface area (Å²) in [6.45, 7) is 1.83. The van der Waals surface area contributed by atoms with Crippen LogP contribution in [0, 0.1) is 6.92 Å². The number of furan rings is 1. The molecule has 106 valence electrons. The van der Waals surface area contributed by atoms with Gasteiger partial charge < -0.3 is 9.52 Å². The number of aliphatic carboxylic acids is 1. The van der Waals surface area contributed by atoms with Crippen molar-refractivity contribution in [2.24, 2.45) is 0 Å². The van der Waals surface area contributed by atoms with E-state index < -0.39 is 22.0 Å². The van der Waals surface area contributed by atoms with Crippen molar-refractivity contribution in [2.45, 2.75) is 17.9 Å². The molecular weight excluding hydrogens is 282 g/mol. The Balaban J connectivity index is 2.30. The lowest BCUT2D eigenvalue weighted by Gasteiger charge is -2.12. The van der Waals surface area contributed by atoms with Gasteiger partial charge >= 0.3 is 5.97 Å². The molecule has 6 nitrogen and oxygen atoms in total. The van der Waals surface area contributed by atoms with E-state index in [-0.39, 0.29) is 10.7 Å². The third-order valence-corrected chi connectivity index (χ3v) is 4.12. The number of carboxylic acids is 1. The molecular formula is C13H13NO5S. The number of hydrogen-bond donors (Lipinski definition) is 2. The van der Waals surface area contributed by atoms with E-state index in [0.717, 1.165) is 5.56 Å². The fourth-order valence-corrected chi connectivity index (χ4v) is 2.78. The average Bonchev–Trinajstić information content (AvgIpc) is 2.90. The normalized spacial score (nSPS) is 13.1. The lowest BCUT2D eigenvalue weighted by atomic mass is 10.2. The Hall–Kier alpha value is -2.12. The maximum absolute atomic E-state index is 12.1. The van der Waals surface area contributed by atoms with Crippen molar-refractivity contribution in [3.63, 3.8) is 0 Å². The van der Waals surface area contributed by atoms with E-state index in [1.807, 2.05) is 6.92 Å². The largest absolute Gasteiger partial charge is 0.480 e. The number of nitrogens with one attached hydrogen (secondary N) is 1. The van der Waals surface area contributed by atoms with Gasteiger partial charge in [-0.25, -0.2) is 13.2 Å². The predicted molar refractivity (Wildman–Crippen MR) is 70.6 cm³/mol. The summed E-state index contributed by atoms with van der Waals surface area (Å²) in [6.07, 6.45) is 1.28. The van der Waals surface area contributed by atoms with E-state index in [4.69, 9.17) is 9.52 Å². The number of carboxylic acid groups (broad SMARTS) is 1. The summed E-state index contributed by atoms with van der Waals surface area (Å²) in [4.78, 5) is 11.2. The van der Waals surface area contributed by atoms with Gasteiger partial charge in [-0.05, 0) is 31.2 Å². The molecule has 2 aromatic rings. The number of rotatable bonds is 5. The fourth-order valence-electron chi connectivity index (χ4n) is 1.63. The van der Waals surface area contributed by atoms with Crippen LogP contribution >= 0.6 is 0 Å². The van der Waals surface area contributed by atoms with Crippen LogP contribution in [-0.4, -0.2) is 19.5 Å². The van der Waals surface area contributed by atoms with Gasteiger partial charge in [-0.2, -0.15) is 4.72 Å². The monoisotopic (exact) mass is 295 g/mol. The van der Waals surface area contributed by atoms with E-state index in [9.17, 15) is 13.2 Å². The Kier molecular flexibility index (Phi) is 3.91. The van der Waals surface area contributed by atoms with Crippen LogP contribution in [0.25, 0.3) is 0 Å². The second-order valence-electron chi connectivity index (χ2n) is 4.22. The highest BCUT2D eigenvalue weighted by atomic mass is 32.2. The molecule has 0 saturated carbocycles. The summed E-state index contributed by atoms with van der Waals surface area (Å²) in [7, 11) is -3.94. The first-order valence-corrected chi connectivity index (χ1v) is 7.24. The van der Waals surface area contributed by atoms with E-state index in [2.05, 4.69) is 4.72 Å². The minimum Gasteiger partial charge on any atom is -0.480 e. The highest BCUT2D eigenvalue weighted by Gasteiger charge is 2.28. The molecule has 0 aliphatic heterocycles. The Bertz CT molecular complexity index is 689. The number of carbonyl (C=O) groups is 1. The van der Waals surface area contributed by atoms with Gasteiger partial charge in [0.2, 0.25) is 10.0 Å². The summed E-state index contributed by atoms with van der Waals surface area (Å²) < 4.78 is 31.3.